The van der Waals surface area contributed by atoms with Gasteiger partial charge in [-0.05, 0) is 23.3 Å². The van der Waals surface area contributed by atoms with Crippen molar-refractivity contribution in [1.82, 2.24) is 14.4 Å². The second kappa shape index (κ2) is 8.55. The normalized spacial score (nSPS) is 11.0. The molecule has 5 heteroatoms. The molecular formula is C27H23N3O2. The molecule has 0 saturated heterocycles. The van der Waals surface area contributed by atoms with E-state index in [-0.39, 0.29) is 5.88 Å². The summed E-state index contributed by atoms with van der Waals surface area (Å²) in [4.78, 5) is 9.74. The predicted molar refractivity (Wildman–Crippen MR) is 125 cm³/mol. The Kier molecular flexibility index (Phi) is 5.30. The van der Waals surface area contributed by atoms with Crippen LogP contribution in [0.4, 0.5) is 0 Å². The zero-order valence-corrected chi connectivity index (χ0v) is 17.8. The maximum absolute atomic E-state index is 11.1. The standard InChI is InChI=1S/C27H23N3O2/c1-32-22-14-8-11-20(15-22)17-24-27(31)30-18-25(21-12-6-3-7-13-21)28-23(26(30)29-24)16-19-9-4-2-5-10-19/h2-15,18,31H,16-17H2,1H3. The molecule has 2 aromatic heterocycles. The SMILES string of the molecule is COc1cccc(Cc2nc3c(Cc4ccccc4)nc(-c4ccccc4)cn3c2O)c1. The zero-order valence-electron chi connectivity index (χ0n) is 17.8. The lowest BCUT2D eigenvalue weighted by Gasteiger charge is -2.08. The maximum Gasteiger partial charge on any atom is 0.219 e. The molecule has 0 saturated carbocycles. The number of benzene rings is 3. The average Bonchev–Trinajstić information content (AvgIpc) is 3.16. The molecule has 0 aliphatic heterocycles. The molecule has 0 unspecified atom stereocenters. The molecule has 3 aromatic carbocycles. The molecule has 5 aromatic rings. The van der Waals surface area contributed by atoms with Gasteiger partial charge in [0.15, 0.2) is 5.65 Å². The van der Waals surface area contributed by atoms with Gasteiger partial charge in [-0.2, -0.15) is 0 Å². The number of ether oxygens (including phenoxy) is 1. The summed E-state index contributed by atoms with van der Waals surface area (Å²) in [6, 6.07) is 28.0. The molecule has 2 heterocycles. The van der Waals surface area contributed by atoms with Crippen LogP contribution in [0.5, 0.6) is 11.6 Å². The quantitative estimate of drug-likeness (QED) is 0.405. The first-order chi connectivity index (χ1) is 15.7. The van der Waals surface area contributed by atoms with Crippen LogP contribution in [0.1, 0.15) is 22.5 Å². The van der Waals surface area contributed by atoms with Crippen LogP contribution in [0.3, 0.4) is 0 Å². The predicted octanol–water partition coefficient (Wildman–Crippen LogP) is 5.29. The first-order valence-corrected chi connectivity index (χ1v) is 10.5. The van der Waals surface area contributed by atoms with Crippen LogP contribution in [0.15, 0.2) is 91.1 Å². The minimum atomic E-state index is 0.136. The molecule has 158 valence electrons. The van der Waals surface area contributed by atoms with Crippen molar-refractivity contribution in [3.8, 4) is 22.9 Å². The first-order valence-electron chi connectivity index (χ1n) is 10.5. The molecule has 32 heavy (non-hydrogen) atoms. The summed E-state index contributed by atoms with van der Waals surface area (Å²) in [6.07, 6.45) is 2.98. The second-order valence-electron chi connectivity index (χ2n) is 7.71. The van der Waals surface area contributed by atoms with Gasteiger partial charge < -0.3 is 9.84 Å². The largest absolute Gasteiger partial charge is 0.497 e. The maximum atomic E-state index is 11.1. The smallest absolute Gasteiger partial charge is 0.219 e. The van der Waals surface area contributed by atoms with Gasteiger partial charge in [-0.15, -0.1) is 0 Å². The molecule has 0 spiro atoms. The van der Waals surface area contributed by atoms with E-state index >= 15 is 0 Å². The van der Waals surface area contributed by atoms with E-state index in [4.69, 9.17) is 14.7 Å². The van der Waals surface area contributed by atoms with Gasteiger partial charge in [-0.25, -0.2) is 9.97 Å². The summed E-state index contributed by atoms with van der Waals surface area (Å²) in [7, 11) is 1.65. The number of rotatable bonds is 6. The lowest BCUT2D eigenvalue weighted by Crippen LogP contribution is -2.00. The van der Waals surface area contributed by atoms with Gasteiger partial charge in [0.2, 0.25) is 5.88 Å². The summed E-state index contributed by atoms with van der Waals surface area (Å²) in [5, 5.41) is 11.1. The van der Waals surface area contributed by atoms with E-state index in [0.29, 0.717) is 24.2 Å². The topological polar surface area (TPSA) is 59.7 Å². The summed E-state index contributed by atoms with van der Waals surface area (Å²) < 4.78 is 7.09. The van der Waals surface area contributed by atoms with Gasteiger partial charge in [0.05, 0.1) is 18.5 Å². The fourth-order valence-electron chi connectivity index (χ4n) is 3.89. The highest BCUT2D eigenvalue weighted by Crippen LogP contribution is 2.28. The number of imidazole rings is 1. The van der Waals surface area contributed by atoms with E-state index in [2.05, 4.69) is 12.1 Å². The van der Waals surface area contributed by atoms with Gasteiger partial charge in [-0.3, -0.25) is 4.40 Å². The van der Waals surface area contributed by atoms with Crippen molar-refractivity contribution in [3.63, 3.8) is 0 Å². The zero-order chi connectivity index (χ0) is 21.9. The summed E-state index contributed by atoms with van der Waals surface area (Å²) in [5.41, 5.74) is 6.05. The van der Waals surface area contributed by atoms with Gasteiger partial charge in [0, 0.05) is 24.6 Å². The third-order valence-electron chi connectivity index (χ3n) is 5.51. The molecule has 0 amide bonds. The molecular weight excluding hydrogens is 398 g/mol. The Morgan fingerprint density at radius 1 is 0.781 bits per heavy atom. The third-order valence-corrected chi connectivity index (χ3v) is 5.51. The van der Waals surface area contributed by atoms with Gasteiger partial charge >= 0.3 is 0 Å². The number of aromatic nitrogens is 3. The van der Waals surface area contributed by atoms with Crippen molar-refractivity contribution in [3.05, 3.63) is 114 Å². The molecule has 0 atom stereocenters. The average molecular weight is 422 g/mol. The molecule has 5 nitrogen and oxygen atoms in total. The van der Waals surface area contributed by atoms with E-state index in [1.807, 2.05) is 79.0 Å². The fraction of sp³-hybridized carbons (Fsp3) is 0.111. The monoisotopic (exact) mass is 421 g/mol. The number of hydrogen-bond acceptors (Lipinski definition) is 4. The van der Waals surface area contributed by atoms with E-state index < -0.39 is 0 Å². The molecule has 0 radical (unpaired) electrons. The molecule has 0 aliphatic carbocycles. The lowest BCUT2D eigenvalue weighted by atomic mass is 10.1. The van der Waals surface area contributed by atoms with Crippen LogP contribution in [0, 0.1) is 0 Å². The van der Waals surface area contributed by atoms with Crippen molar-refractivity contribution in [2.24, 2.45) is 0 Å². The highest BCUT2D eigenvalue weighted by Gasteiger charge is 2.18. The Hall–Kier alpha value is -4.12. The van der Waals surface area contributed by atoms with E-state index in [0.717, 1.165) is 33.8 Å². The summed E-state index contributed by atoms with van der Waals surface area (Å²) in [5.74, 6) is 0.917. The highest BCUT2D eigenvalue weighted by atomic mass is 16.5. The van der Waals surface area contributed by atoms with Crippen LogP contribution >= 0.6 is 0 Å². The van der Waals surface area contributed by atoms with E-state index in [1.54, 1.807) is 11.5 Å². The van der Waals surface area contributed by atoms with Crippen molar-refractivity contribution in [1.29, 1.82) is 0 Å². The fourth-order valence-corrected chi connectivity index (χ4v) is 3.89. The Labute approximate surface area is 186 Å². The van der Waals surface area contributed by atoms with E-state index in [1.165, 1.54) is 0 Å². The summed E-state index contributed by atoms with van der Waals surface area (Å²) >= 11 is 0. The Morgan fingerprint density at radius 3 is 2.22 bits per heavy atom. The van der Waals surface area contributed by atoms with Crippen molar-refractivity contribution >= 4 is 5.65 Å². The number of aromatic hydroxyl groups is 1. The van der Waals surface area contributed by atoms with Gasteiger partial charge in [-0.1, -0.05) is 72.8 Å². The highest BCUT2D eigenvalue weighted by molar-refractivity contribution is 5.63. The number of fused-ring (bicyclic) bond motifs is 1. The third kappa shape index (κ3) is 3.93. The van der Waals surface area contributed by atoms with Crippen molar-refractivity contribution < 1.29 is 9.84 Å². The Balaban J connectivity index is 1.63. The van der Waals surface area contributed by atoms with Gasteiger partial charge in [0.1, 0.15) is 11.4 Å². The number of nitrogens with zero attached hydrogens (tertiary/aromatic N) is 3. The summed E-state index contributed by atoms with van der Waals surface area (Å²) in [6.45, 7) is 0. The Bertz CT molecular complexity index is 1360. The van der Waals surface area contributed by atoms with Crippen LogP contribution < -0.4 is 4.74 Å². The molecule has 0 fully saturated rings. The van der Waals surface area contributed by atoms with Crippen molar-refractivity contribution in [2.45, 2.75) is 12.8 Å². The number of hydrogen-bond donors (Lipinski definition) is 1. The molecule has 0 bridgehead atoms. The van der Waals surface area contributed by atoms with Crippen LogP contribution in [0.25, 0.3) is 16.9 Å². The minimum Gasteiger partial charge on any atom is -0.497 e. The minimum absolute atomic E-state index is 0.136. The van der Waals surface area contributed by atoms with Crippen LogP contribution in [-0.2, 0) is 12.8 Å². The molecule has 5 rings (SSSR count). The van der Waals surface area contributed by atoms with Crippen molar-refractivity contribution in [2.75, 3.05) is 7.11 Å². The second-order valence-corrected chi connectivity index (χ2v) is 7.71. The van der Waals surface area contributed by atoms with E-state index in [9.17, 15) is 5.11 Å². The molecule has 0 aliphatic rings. The number of methoxy groups -OCH3 is 1. The first kappa shape index (κ1) is 19.8. The Morgan fingerprint density at radius 2 is 1.47 bits per heavy atom. The lowest BCUT2D eigenvalue weighted by molar-refractivity contribution is 0.414. The molecule has 1 N–H and O–H groups in total. The van der Waals surface area contributed by atoms with Crippen LogP contribution in [0.2, 0.25) is 0 Å². The van der Waals surface area contributed by atoms with Gasteiger partial charge in [0.25, 0.3) is 0 Å². The van der Waals surface area contributed by atoms with Crippen LogP contribution in [-0.4, -0.2) is 26.6 Å².